The van der Waals surface area contributed by atoms with Gasteiger partial charge in [0, 0.05) is 12.2 Å². The molecule has 0 fully saturated rings. The molecule has 2 atom stereocenters. The molecule has 0 aromatic heterocycles. The van der Waals surface area contributed by atoms with Crippen molar-refractivity contribution in [1.29, 1.82) is 0 Å². The summed E-state index contributed by atoms with van der Waals surface area (Å²) in [7, 11) is 2.30. The van der Waals surface area contributed by atoms with Gasteiger partial charge in [0.1, 0.15) is 5.60 Å². The fourth-order valence-corrected chi connectivity index (χ4v) is 1.49. The molecule has 0 aromatic carbocycles. The van der Waals surface area contributed by atoms with Crippen molar-refractivity contribution in [2.75, 3.05) is 0 Å². The van der Waals surface area contributed by atoms with E-state index in [2.05, 4.69) is 9.24 Å². The minimum absolute atomic E-state index is 0.226. The van der Waals surface area contributed by atoms with Crippen molar-refractivity contribution in [3.8, 4) is 0 Å². The summed E-state index contributed by atoms with van der Waals surface area (Å²) in [4.78, 5) is 21.9. The number of esters is 1. The Labute approximate surface area is 91.9 Å². The number of hydrogen-bond donors (Lipinski definition) is 1. The van der Waals surface area contributed by atoms with Crippen LogP contribution < -0.4 is 0 Å². The van der Waals surface area contributed by atoms with Gasteiger partial charge in [0.2, 0.25) is 0 Å². The van der Waals surface area contributed by atoms with Gasteiger partial charge in [-0.05, 0) is 13.3 Å². The average Bonchev–Trinajstić information content (AvgIpc) is 2.16. The highest BCUT2D eigenvalue weighted by Gasteiger charge is 2.33. The van der Waals surface area contributed by atoms with Crippen LogP contribution in [0.5, 0.6) is 0 Å². The summed E-state index contributed by atoms with van der Waals surface area (Å²) < 4.78 is 5.10. The number of carbonyl (C=O) groups is 2. The Morgan fingerprint density at radius 1 is 1.53 bits per heavy atom. The molecule has 0 aliphatic carbocycles. The quantitative estimate of drug-likeness (QED) is 0.430. The molecule has 0 saturated heterocycles. The Balaban J connectivity index is 4.62. The third kappa shape index (κ3) is 4.93. The number of carbonyl (C=O) groups excluding carboxylic acids is 1. The van der Waals surface area contributed by atoms with Crippen molar-refractivity contribution in [3.63, 3.8) is 0 Å². The molecule has 2 unspecified atom stereocenters. The number of ether oxygens (including phenoxy) is 1. The maximum atomic E-state index is 11.2. The standard InChI is InChI=1S/C10H16O4P/c1-3-5-9(13)14-10(4-2,7-15)6-8(11)12/h3,5,7H,4,6,15H2,1-2H3,(H,11,12). The van der Waals surface area contributed by atoms with Crippen LogP contribution in [0.4, 0.5) is 0 Å². The zero-order valence-electron chi connectivity index (χ0n) is 8.90. The van der Waals surface area contributed by atoms with E-state index in [1.165, 1.54) is 12.2 Å². The van der Waals surface area contributed by atoms with E-state index in [1.807, 2.05) is 0 Å². The number of aliphatic carboxylic acids is 1. The highest BCUT2D eigenvalue weighted by Crippen LogP contribution is 2.27. The minimum atomic E-state index is -1.03. The highest BCUT2D eigenvalue weighted by atomic mass is 31.0. The van der Waals surface area contributed by atoms with Crippen LogP contribution in [-0.2, 0) is 14.3 Å². The van der Waals surface area contributed by atoms with Crippen molar-refractivity contribution < 1.29 is 19.4 Å². The lowest BCUT2D eigenvalue weighted by Gasteiger charge is -2.28. The van der Waals surface area contributed by atoms with E-state index in [1.54, 1.807) is 19.9 Å². The Morgan fingerprint density at radius 3 is 2.47 bits per heavy atom. The van der Waals surface area contributed by atoms with Crippen LogP contribution >= 0.6 is 9.24 Å². The van der Waals surface area contributed by atoms with Crippen LogP contribution in [-0.4, -0.2) is 22.6 Å². The Bertz CT molecular complexity index is 256. The molecule has 1 radical (unpaired) electrons. The predicted molar refractivity (Wildman–Crippen MR) is 60.2 cm³/mol. The fraction of sp³-hybridized carbons (Fsp3) is 0.500. The first-order chi connectivity index (χ1) is 6.99. The third-order valence-electron chi connectivity index (χ3n) is 1.96. The molecule has 0 heterocycles. The summed E-state index contributed by atoms with van der Waals surface area (Å²) in [5.74, 6) is -1.52. The van der Waals surface area contributed by atoms with Gasteiger partial charge in [-0.15, -0.1) is 9.24 Å². The molecular formula is C10H16O4P. The number of carboxylic acid groups (broad SMARTS) is 1. The van der Waals surface area contributed by atoms with E-state index >= 15 is 0 Å². The number of allylic oxidation sites excluding steroid dienone is 1. The lowest BCUT2D eigenvalue weighted by molar-refractivity contribution is -0.155. The number of carboxylic acids is 1. The SMILES string of the molecule is CC=CC(=O)OC([CH]P)(CC)CC(=O)O. The molecule has 5 heteroatoms. The van der Waals surface area contributed by atoms with Gasteiger partial charge in [-0.1, -0.05) is 13.0 Å². The lowest BCUT2D eigenvalue weighted by Crippen LogP contribution is -2.35. The van der Waals surface area contributed by atoms with E-state index in [9.17, 15) is 9.59 Å². The third-order valence-corrected chi connectivity index (χ3v) is 2.57. The van der Waals surface area contributed by atoms with Gasteiger partial charge in [0.15, 0.2) is 0 Å². The minimum Gasteiger partial charge on any atom is -0.481 e. The second-order valence-corrected chi connectivity index (χ2v) is 3.41. The first-order valence-electron chi connectivity index (χ1n) is 4.63. The molecule has 0 aromatic rings. The molecule has 0 aliphatic rings. The maximum Gasteiger partial charge on any atom is 0.330 e. The summed E-state index contributed by atoms with van der Waals surface area (Å²) in [5.41, 5.74) is -1.03. The molecule has 0 bridgehead atoms. The normalized spacial score (nSPS) is 14.9. The van der Waals surface area contributed by atoms with E-state index in [-0.39, 0.29) is 6.42 Å². The van der Waals surface area contributed by atoms with Crippen LogP contribution in [0, 0.1) is 6.16 Å². The molecule has 0 amide bonds. The molecule has 0 spiro atoms. The summed E-state index contributed by atoms with van der Waals surface area (Å²) in [6.07, 6.45) is 4.54. The Kier molecular flexibility index (Phi) is 6.18. The molecule has 15 heavy (non-hydrogen) atoms. The van der Waals surface area contributed by atoms with Gasteiger partial charge >= 0.3 is 11.9 Å². The molecule has 4 nitrogen and oxygen atoms in total. The molecule has 0 aliphatic heterocycles. The van der Waals surface area contributed by atoms with E-state index in [0.29, 0.717) is 6.42 Å². The zero-order valence-corrected chi connectivity index (χ0v) is 10.1. The first-order valence-corrected chi connectivity index (χ1v) is 5.30. The van der Waals surface area contributed by atoms with Gasteiger partial charge < -0.3 is 9.84 Å². The maximum absolute atomic E-state index is 11.2. The fourth-order valence-electron chi connectivity index (χ4n) is 1.07. The number of hydrogen-bond acceptors (Lipinski definition) is 3. The van der Waals surface area contributed by atoms with E-state index in [4.69, 9.17) is 9.84 Å². The topological polar surface area (TPSA) is 63.6 Å². The number of rotatable bonds is 6. The summed E-state index contributed by atoms with van der Waals surface area (Å²) in [6.45, 7) is 3.46. The molecule has 85 valence electrons. The first kappa shape index (κ1) is 14.1. The summed E-state index contributed by atoms with van der Waals surface area (Å²) >= 11 is 0. The smallest absolute Gasteiger partial charge is 0.330 e. The summed E-state index contributed by atoms with van der Waals surface area (Å²) in [5, 5.41) is 8.72. The van der Waals surface area contributed by atoms with Gasteiger partial charge in [-0.25, -0.2) is 4.79 Å². The van der Waals surface area contributed by atoms with Crippen LogP contribution in [0.2, 0.25) is 0 Å². The van der Waals surface area contributed by atoms with Crippen molar-refractivity contribution in [2.45, 2.75) is 32.3 Å². The highest BCUT2D eigenvalue weighted by molar-refractivity contribution is 7.19. The van der Waals surface area contributed by atoms with Crippen molar-refractivity contribution in [1.82, 2.24) is 0 Å². The monoisotopic (exact) mass is 231 g/mol. The van der Waals surface area contributed by atoms with Crippen molar-refractivity contribution >= 4 is 21.2 Å². The van der Waals surface area contributed by atoms with Crippen LogP contribution in [0.25, 0.3) is 0 Å². The largest absolute Gasteiger partial charge is 0.481 e. The van der Waals surface area contributed by atoms with Gasteiger partial charge in [-0.3, -0.25) is 4.79 Å². The Hall–Kier alpha value is -0.890. The van der Waals surface area contributed by atoms with Gasteiger partial charge in [0.05, 0.1) is 6.42 Å². The molecule has 1 N–H and O–H groups in total. The molecule has 0 rings (SSSR count). The van der Waals surface area contributed by atoms with Crippen LogP contribution in [0.1, 0.15) is 26.7 Å². The lowest BCUT2D eigenvalue weighted by atomic mass is 9.98. The second-order valence-electron chi connectivity index (χ2n) is 3.08. The second kappa shape index (κ2) is 6.57. The van der Waals surface area contributed by atoms with Crippen LogP contribution in [0.3, 0.4) is 0 Å². The molecular weight excluding hydrogens is 215 g/mol. The van der Waals surface area contributed by atoms with Crippen LogP contribution in [0.15, 0.2) is 12.2 Å². The van der Waals surface area contributed by atoms with E-state index in [0.717, 1.165) is 0 Å². The van der Waals surface area contributed by atoms with Crippen molar-refractivity contribution in [3.05, 3.63) is 18.3 Å². The average molecular weight is 231 g/mol. The predicted octanol–water partition coefficient (Wildman–Crippen LogP) is 1.77. The van der Waals surface area contributed by atoms with E-state index < -0.39 is 17.5 Å². The van der Waals surface area contributed by atoms with Crippen molar-refractivity contribution in [2.24, 2.45) is 0 Å². The zero-order chi connectivity index (χ0) is 11.9. The molecule has 0 saturated carbocycles. The Morgan fingerprint density at radius 2 is 2.13 bits per heavy atom. The van der Waals surface area contributed by atoms with Gasteiger partial charge in [0.25, 0.3) is 0 Å². The van der Waals surface area contributed by atoms with Gasteiger partial charge in [-0.2, -0.15) is 0 Å². The summed E-state index contributed by atoms with van der Waals surface area (Å²) in [6, 6.07) is 0.